The number of nitrogens with one attached hydrogen (secondary N) is 1. The predicted octanol–water partition coefficient (Wildman–Crippen LogP) is 1.22. The van der Waals surface area contributed by atoms with E-state index in [4.69, 9.17) is 5.73 Å². The molecule has 3 N–H and O–H groups in total. The number of nitrogen functional groups attached to an aromatic ring is 1. The van der Waals surface area contributed by atoms with Crippen molar-refractivity contribution in [1.29, 1.82) is 0 Å². The Morgan fingerprint density at radius 2 is 2.00 bits per heavy atom. The summed E-state index contributed by atoms with van der Waals surface area (Å²) in [5, 5.41) is 2.79. The third kappa shape index (κ3) is 1.71. The molecule has 5 nitrogen and oxygen atoms in total. The summed E-state index contributed by atoms with van der Waals surface area (Å²) in [5.41, 5.74) is 8.81. The standard InChI is InChI=1S/C12H10N4O/c13-9-5-14-12(15-6-9)7-1-2-10-8(3-7)4-11(17)16-10/h1-3,5-6H,4,13H2,(H,16,17). The largest absolute Gasteiger partial charge is 0.396 e. The molecule has 1 aromatic heterocycles. The van der Waals surface area contributed by atoms with Crippen molar-refractivity contribution >= 4 is 17.3 Å². The van der Waals surface area contributed by atoms with Gasteiger partial charge < -0.3 is 11.1 Å². The van der Waals surface area contributed by atoms with Gasteiger partial charge in [-0.2, -0.15) is 0 Å². The number of nitrogens with two attached hydrogens (primary N) is 1. The van der Waals surface area contributed by atoms with Crippen molar-refractivity contribution in [1.82, 2.24) is 9.97 Å². The number of hydrogen-bond donors (Lipinski definition) is 2. The average Bonchev–Trinajstić information content (AvgIpc) is 2.69. The number of fused-ring (bicyclic) bond motifs is 1. The monoisotopic (exact) mass is 226 g/mol. The molecule has 3 rings (SSSR count). The Morgan fingerprint density at radius 3 is 2.76 bits per heavy atom. The van der Waals surface area contributed by atoms with Crippen LogP contribution in [0.4, 0.5) is 11.4 Å². The van der Waals surface area contributed by atoms with Crippen molar-refractivity contribution < 1.29 is 4.79 Å². The molecule has 1 aliphatic rings. The molecule has 0 fully saturated rings. The molecule has 2 heterocycles. The highest BCUT2D eigenvalue weighted by Gasteiger charge is 2.18. The van der Waals surface area contributed by atoms with Crippen molar-refractivity contribution in [3.05, 3.63) is 36.2 Å². The minimum absolute atomic E-state index is 0.0235. The van der Waals surface area contributed by atoms with Crippen LogP contribution in [0.15, 0.2) is 30.6 Å². The summed E-state index contributed by atoms with van der Waals surface area (Å²) in [4.78, 5) is 19.5. The first kappa shape index (κ1) is 9.77. The van der Waals surface area contributed by atoms with E-state index in [1.165, 1.54) is 0 Å². The number of benzene rings is 1. The van der Waals surface area contributed by atoms with Crippen LogP contribution in [-0.4, -0.2) is 15.9 Å². The van der Waals surface area contributed by atoms with Crippen molar-refractivity contribution in [2.75, 3.05) is 11.1 Å². The molecule has 1 amide bonds. The smallest absolute Gasteiger partial charge is 0.228 e. The molecule has 0 radical (unpaired) electrons. The SMILES string of the molecule is Nc1cnc(-c2ccc3c(c2)CC(=O)N3)nc1. The molecule has 0 unspecified atom stereocenters. The number of aromatic nitrogens is 2. The minimum atomic E-state index is 0.0235. The fourth-order valence-corrected chi connectivity index (χ4v) is 1.86. The topological polar surface area (TPSA) is 80.9 Å². The molecule has 0 atom stereocenters. The van der Waals surface area contributed by atoms with Gasteiger partial charge in [0.05, 0.1) is 24.5 Å². The van der Waals surface area contributed by atoms with E-state index in [1.807, 2.05) is 18.2 Å². The van der Waals surface area contributed by atoms with Crippen molar-refractivity contribution in [2.45, 2.75) is 6.42 Å². The molecule has 0 bridgehead atoms. The molecule has 0 saturated heterocycles. The van der Waals surface area contributed by atoms with E-state index in [1.54, 1.807) is 12.4 Å². The van der Waals surface area contributed by atoms with Crippen molar-refractivity contribution in [3.8, 4) is 11.4 Å². The maximum absolute atomic E-state index is 11.2. The lowest BCUT2D eigenvalue weighted by Gasteiger charge is -2.03. The summed E-state index contributed by atoms with van der Waals surface area (Å²) in [7, 11) is 0. The molecule has 17 heavy (non-hydrogen) atoms. The van der Waals surface area contributed by atoms with Gasteiger partial charge in [-0.1, -0.05) is 0 Å². The fourth-order valence-electron chi connectivity index (χ4n) is 1.86. The summed E-state index contributed by atoms with van der Waals surface area (Å²) in [6.07, 6.45) is 3.55. The van der Waals surface area contributed by atoms with Crippen LogP contribution in [0.1, 0.15) is 5.56 Å². The summed E-state index contributed by atoms with van der Waals surface area (Å²) < 4.78 is 0. The quantitative estimate of drug-likeness (QED) is 0.766. The third-order valence-corrected chi connectivity index (χ3v) is 2.66. The van der Waals surface area contributed by atoms with Gasteiger partial charge in [0.2, 0.25) is 5.91 Å². The first-order valence-electron chi connectivity index (χ1n) is 5.23. The number of amides is 1. The number of carbonyl (C=O) groups excluding carboxylic acids is 1. The Balaban J connectivity index is 2.03. The van der Waals surface area contributed by atoms with Gasteiger partial charge >= 0.3 is 0 Å². The second kappa shape index (κ2) is 3.55. The van der Waals surface area contributed by atoms with Crippen LogP contribution < -0.4 is 11.1 Å². The van der Waals surface area contributed by atoms with Crippen LogP contribution >= 0.6 is 0 Å². The third-order valence-electron chi connectivity index (χ3n) is 2.66. The summed E-state index contributed by atoms with van der Waals surface area (Å²) >= 11 is 0. The van der Waals surface area contributed by atoms with Crippen molar-refractivity contribution in [2.24, 2.45) is 0 Å². The fraction of sp³-hybridized carbons (Fsp3) is 0.0833. The molecule has 84 valence electrons. The van der Waals surface area contributed by atoms with E-state index in [-0.39, 0.29) is 5.91 Å². The molecular formula is C12H10N4O. The molecular weight excluding hydrogens is 216 g/mol. The van der Waals surface area contributed by atoms with Gasteiger partial charge in [-0.3, -0.25) is 4.79 Å². The van der Waals surface area contributed by atoms with Gasteiger partial charge in [-0.05, 0) is 23.8 Å². The number of rotatable bonds is 1. The Bertz CT molecular complexity index is 592. The van der Waals surface area contributed by atoms with E-state index >= 15 is 0 Å². The minimum Gasteiger partial charge on any atom is -0.396 e. The van der Waals surface area contributed by atoms with E-state index in [0.29, 0.717) is 17.9 Å². The maximum Gasteiger partial charge on any atom is 0.228 e. The van der Waals surface area contributed by atoms with Crippen LogP contribution in [0.5, 0.6) is 0 Å². The first-order chi connectivity index (χ1) is 8.22. The second-order valence-electron chi connectivity index (χ2n) is 3.94. The highest BCUT2D eigenvalue weighted by molar-refractivity contribution is 5.99. The highest BCUT2D eigenvalue weighted by Crippen LogP contribution is 2.27. The zero-order chi connectivity index (χ0) is 11.8. The van der Waals surface area contributed by atoms with E-state index in [2.05, 4.69) is 15.3 Å². The van der Waals surface area contributed by atoms with Gasteiger partial charge in [0.15, 0.2) is 5.82 Å². The van der Waals surface area contributed by atoms with Gasteiger partial charge in [-0.15, -0.1) is 0 Å². The molecule has 0 aliphatic carbocycles. The van der Waals surface area contributed by atoms with E-state index in [0.717, 1.165) is 16.8 Å². The lowest BCUT2D eigenvalue weighted by atomic mass is 10.1. The van der Waals surface area contributed by atoms with Gasteiger partial charge in [0, 0.05) is 11.3 Å². The van der Waals surface area contributed by atoms with E-state index in [9.17, 15) is 4.79 Å². The maximum atomic E-state index is 11.2. The Kier molecular flexibility index (Phi) is 2.04. The zero-order valence-corrected chi connectivity index (χ0v) is 8.97. The molecule has 1 aromatic carbocycles. The van der Waals surface area contributed by atoms with Gasteiger partial charge in [0.1, 0.15) is 0 Å². The van der Waals surface area contributed by atoms with E-state index < -0.39 is 0 Å². The Morgan fingerprint density at radius 1 is 1.24 bits per heavy atom. The first-order valence-corrected chi connectivity index (χ1v) is 5.23. The number of carbonyl (C=O) groups is 1. The second-order valence-corrected chi connectivity index (χ2v) is 3.94. The van der Waals surface area contributed by atoms with Crippen LogP contribution in [0.2, 0.25) is 0 Å². The molecule has 0 spiro atoms. The van der Waals surface area contributed by atoms with Crippen LogP contribution in [0, 0.1) is 0 Å². The number of hydrogen-bond acceptors (Lipinski definition) is 4. The van der Waals surface area contributed by atoms with Gasteiger partial charge in [-0.25, -0.2) is 9.97 Å². The summed E-state index contributed by atoms with van der Waals surface area (Å²) in [5.74, 6) is 0.636. The van der Waals surface area contributed by atoms with Gasteiger partial charge in [0.25, 0.3) is 0 Å². The van der Waals surface area contributed by atoms with Crippen LogP contribution in [-0.2, 0) is 11.2 Å². The normalized spacial score (nSPS) is 13.3. The molecule has 1 aliphatic heterocycles. The lowest BCUT2D eigenvalue weighted by molar-refractivity contribution is -0.115. The summed E-state index contributed by atoms with van der Waals surface area (Å²) in [6.45, 7) is 0. The van der Waals surface area contributed by atoms with Crippen molar-refractivity contribution in [3.63, 3.8) is 0 Å². The number of nitrogens with zero attached hydrogens (tertiary/aromatic N) is 2. The van der Waals surface area contributed by atoms with Crippen LogP contribution in [0.3, 0.4) is 0 Å². The Hall–Kier alpha value is -2.43. The zero-order valence-electron chi connectivity index (χ0n) is 8.97. The predicted molar refractivity (Wildman–Crippen MR) is 64.2 cm³/mol. The molecule has 0 saturated carbocycles. The van der Waals surface area contributed by atoms with Crippen LogP contribution in [0.25, 0.3) is 11.4 Å². The lowest BCUT2D eigenvalue weighted by Crippen LogP contribution is -2.03. The average molecular weight is 226 g/mol. The number of anilines is 2. The molecule has 2 aromatic rings. The summed E-state index contributed by atoms with van der Waals surface area (Å²) in [6, 6.07) is 5.68. The highest BCUT2D eigenvalue weighted by atomic mass is 16.1. The Labute approximate surface area is 97.7 Å². The molecule has 5 heteroatoms.